The molecule has 0 aliphatic carbocycles. The van der Waals surface area contributed by atoms with Crippen LogP contribution in [0.4, 0.5) is 11.4 Å². The molecule has 0 bridgehead atoms. The van der Waals surface area contributed by atoms with Crippen LogP contribution in [0.15, 0.2) is 30.3 Å². The fourth-order valence-electron chi connectivity index (χ4n) is 2.39. The number of amides is 1. The number of carbonyl (C=O) groups excluding carboxylic acids is 1. The number of halogens is 1. The molecule has 2 aromatic rings. The van der Waals surface area contributed by atoms with Gasteiger partial charge in [-0.15, -0.1) is 0 Å². The average Bonchev–Trinajstić information content (AvgIpc) is 2.85. The van der Waals surface area contributed by atoms with Crippen LogP contribution in [-0.2, 0) is 21.4 Å². The first-order valence-electron chi connectivity index (χ1n) is 8.49. The van der Waals surface area contributed by atoms with E-state index in [1.807, 2.05) is 6.92 Å². The number of rotatable bonds is 8. The number of aromatic nitrogens is 2. The third-order valence-corrected chi connectivity index (χ3v) is 4.70. The molecule has 0 saturated heterocycles. The monoisotopic (exact) mass is 410 g/mol. The maximum absolute atomic E-state index is 12.1. The highest BCUT2D eigenvalue weighted by Gasteiger charge is 2.11. The minimum Gasteiger partial charge on any atom is -0.323 e. The molecule has 9 heteroatoms. The molecule has 1 aromatic heterocycles. The van der Waals surface area contributed by atoms with Crippen molar-refractivity contribution >= 4 is 45.0 Å². The molecule has 0 aliphatic heterocycles. The van der Waals surface area contributed by atoms with Crippen molar-refractivity contribution in [3.05, 3.63) is 46.8 Å². The number of benzene rings is 1. The van der Waals surface area contributed by atoms with E-state index < -0.39 is 10.0 Å². The molecular weight excluding hydrogens is 388 g/mol. The highest BCUT2D eigenvalue weighted by atomic mass is 35.5. The van der Waals surface area contributed by atoms with Crippen molar-refractivity contribution in [3.8, 4) is 0 Å². The summed E-state index contributed by atoms with van der Waals surface area (Å²) in [5, 5.41) is 7.62. The number of carbonyl (C=O) groups is 1. The fourth-order valence-corrected chi connectivity index (χ4v) is 3.28. The van der Waals surface area contributed by atoms with Gasteiger partial charge in [-0.3, -0.25) is 14.2 Å². The smallest absolute Gasteiger partial charge is 0.248 e. The number of hydrogen-bond donors (Lipinski definition) is 2. The van der Waals surface area contributed by atoms with Gasteiger partial charge in [-0.2, -0.15) is 5.10 Å². The first kappa shape index (κ1) is 21.0. The number of hydrogen-bond acceptors (Lipinski definition) is 4. The summed E-state index contributed by atoms with van der Waals surface area (Å²) in [4.78, 5) is 12.1. The highest BCUT2D eigenvalue weighted by molar-refractivity contribution is 7.92. The van der Waals surface area contributed by atoms with Crippen LogP contribution in [-0.4, -0.2) is 30.4 Å². The Morgan fingerprint density at radius 3 is 2.48 bits per heavy atom. The Kier molecular flexibility index (Phi) is 7.04. The third-order valence-electron chi connectivity index (χ3n) is 3.69. The van der Waals surface area contributed by atoms with Gasteiger partial charge in [0, 0.05) is 29.6 Å². The Morgan fingerprint density at radius 1 is 1.26 bits per heavy atom. The second-order valence-corrected chi connectivity index (χ2v) is 8.25. The van der Waals surface area contributed by atoms with Crippen molar-refractivity contribution in [1.29, 1.82) is 0 Å². The van der Waals surface area contributed by atoms with Crippen LogP contribution in [0.3, 0.4) is 0 Å². The van der Waals surface area contributed by atoms with Gasteiger partial charge in [0.25, 0.3) is 0 Å². The molecule has 2 rings (SSSR count). The third kappa shape index (κ3) is 6.41. The molecule has 0 atom stereocenters. The van der Waals surface area contributed by atoms with Crippen LogP contribution in [0.2, 0.25) is 5.15 Å². The van der Waals surface area contributed by atoms with Crippen molar-refractivity contribution in [2.45, 2.75) is 33.2 Å². The van der Waals surface area contributed by atoms with Crippen LogP contribution >= 0.6 is 11.6 Å². The molecule has 0 radical (unpaired) electrons. The Hall–Kier alpha value is -2.32. The lowest BCUT2D eigenvalue weighted by atomic mass is 10.2. The van der Waals surface area contributed by atoms with Crippen molar-refractivity contribution in [2.24, 2.45) is 0 Å². The predicted molar refractivity (Wildman–Crippen MR) is 109 cm³/mol. The number of nitrogens with zero attached hydrogens (tertiary/aromatic N) is 2. The van der Waals surface area contributed by atoms with E-state index in [4.69, 9.17) is 11.6 Å². The van der Waals surface area contributed by atoms with E-state index in [1.54, 1.807) is 35.0 Å². The largest absolute Gasteiger partial charge is 0.323 e. The van der Waals surface area contributed by atoms with Crippen LogP contribution in [0.1, 0.15) is 31.0 Å². The van der Waals surface area contributed by atoms with Crippen molar-refractivity contribution in [3.63, 3.8) is 0 Å². The van der Waals surface area contributed by atoms with Gasteiger partial charge in [0.2, 0.25) is 15.9 Å². The fraction of sp³-hybridized carbons (Fsp3) is 0.333. The lowest BCUT2D eigenvalue weighted by Gasteiger charge is -2.06. The van der Waals surface area contributed by atoms with E-state index in [9.17, 15) is 13.2 Å². The summed E-state index contributed by atoms with van der Waals surface area (Å²) in [6, 6.07) is 6.36. The van der Waals surface area contributed by atoms with Crippen LogP contribution in [0.5, 0.6) is 0 Å². The van der Waals surface area contributed by atoms with E-state index in [-0.39, 0.29) is 5.91 Å². The zero-order valence-electron chi connectivity index (χ0n) is 15.5. The number of nitrogens with one attached hydrogen (secondary N) is 2. The minimum absolute atomic E-state index is 0.324. The molecule has 2 N–H and O–H groups in total. The van der Waals surface area contributed by atoms with Crippen molar-refractivity contribution in [2.75, 3.05) is 16.3 Å². The average molecular weight is 411 g/mol. The molecular formula is C18H23ClN4O3S. The zero-order valence-corrected chi connectivity index (χ0v) is 17.1. The maximum atomic E-state index is 12.1. The molecule has 1 aromatic carbocycles. The van der Waals surface area contributed by atoms with Gasteiger partial charge < -0.3 is 5.32 Å². The quantitative estimate of drug-likeness (QED) is 0.649. The summed E-state index contributed by atoms with van der Waals surface area (Å²) in [6.07, 6.45) is 6.13. The first-order chi connectivity index (χ1) is 12.7. The summed E-state index contributed by atoms with van der Waals surface area (Å²) in [7, 11) is -3.33. The van der Waals surface area contributed by atoms with Crippen molar-refractivity contribution < 1.29 is 13.2 Å². The SMILES string of the molecule is CCCCn1nc(C)c(/C=C/C(=O)Nc2ccc(NS(C)(=O)=O)cc2)c1Cl. The summed E-state index contributed by atoms with van der Waals surface area (Å²) in [5.41, 5.74) is 2.45. The molecule has 7 nitrogen and oxygen atoms in total. The number of anilines is 2. The molecule has 146 valence electrons. The normalized spacial score (nSPS) is 11.7. The van der Waals surface area contributed by atoms with Gasteiger partial charge in [-0.05, 0) is 43.7 Å². The molecule has 0 aliphatic rings. The van der Waals surface area contributed by atoms with Crippen LogP contribution in [0.25, 0.3) is 6.08 Å². The Balaban J connectivity index is 2.02. The van der Waals surface area contributed by atoms with Crippen molar-refractivity contribution in [1.82, 2.24) is 9.78 Å². The Bertz CT molecular complexity index is 934. The van der Waals surface area contributed by atoms with E-state index in [2.05, 4.69) is 22.1 Å². The zero-order chi connectivity index (χ0) is 20.0. The van der Waals surface area contributed by atoms with E-state index in [0.717, 1.165) is 36.9 Å². The minimum atomic E-state index is -3.33. The van der Waals surface area contributed by atoms with Gasteiger partial charge in [0.1, 0.15) is 5.15 Å². The lowest BCUT2D eigenvalue weighted by Crippen LogP contribution is -2.10. The second kappa shape index (κ2) is 9.05. The van der Waals surface area contributed by atoms with E-state index in [1.165, 1.54) is 6.08 Å². The second-order valence-electron chi connectivity index (χ2n) is 6.14. The number of unbranched alkanes of at least 4 members (excludes halogenated alkanes) is 1. The number of sulfonamides is 1. The van der Waals surface area contributed by atoms with Gasteiger partial charge >= 0.3 is 0 Å². The standard InChI is InChI=1S/C18H23ClN4O3S/c1-4-5-12-23-18(19)16(13(2)21-23)10-11-17(24)20-14-6-8-15(9-7-14)22-27(3,25)26/h6-11,22H,4-5,12H2,1-3H3,(H,20,24)/b11-10+. The van der Waals surface area contributed by atoms with E-state index in [0.29, 0.717) is 16.5 Å². The molecule has 0 spiro atoms. The predicted octanol–water partition coefficient (Wildman–Crippen LogP) is 3.67. The maximum Gasteiger partial charge on any atom is 0.248 e. The Labute approximate surface area is 164 Å². The lowest BCUT2D eigenvalue weighted by molar-refractivity contribution is -0.111. The van der Waals surface area contributed by atoms with Crippen LogP contribution < -0.4 is 10.0 Å². The highest BCUT2D eigenvalue weighted by Crippen LogP contribution is 2.22. The molecule has 1 heterocycles. The van der Waals surface area contributed by atoms with Gasteiger partial charge in [-0.25, -0.2) is 8.42 Å². The van der Waals surface area contributed by atoms with Crippen LogP contribution in [0, 0.1) is 6.92 Å². The van der Waals surface area contributed by atoms with E-state index >= 15 is 0 Å². The topological polar surface area (TPSA) is 93.1 Å². The molecule has 27 heavy (non-hydrogen) atoms. The summed E-state index contributed by atoms with van der Waals surface area (Å²) in [6.45, 7) is 4.68. The summed E-state index contributed by atoms with van der Waals surface area (Å²) >= 11 is 6.34. The van der Waals surface area contributed by atoms with Gasteiger partial charge in [-0.1, -0.05) is 24.9 Å². The first-order valence-corrected chi connectivity index (χ1v) is 10.8. The molecule has 0 fully saturated rings. The number of aryl methyl sites for hydroxylation is 2. The molecule has 0 unspecified atom stereocenters. The molecule has 0 saturated carbocycles. The summed E-state index contributed by atoms with van der Waals surface area (Å²) < 4.78 is 26.5. The van der Waals surface area contributed by atoms with Gasteiger partial charge in [0.15, 0.2) is 0 Å². The summed E-state index contributed by atoms with van der Waals surface area (Å²) in [5.74, 6) is -0.324. The van der Waals surface area contributed by atoms with Gasteiger partial charge in [0.05, 0.1) is 11.9 Å². The molecule has 1 amide bonds. The Morgan fingerprint density at radius 2 is 1.89 bits per heavy atom.